The minimum atomic E-state index is -0.0402. The first kappa shape index (κ1) is 20.5. The molecule has 3 aromatic rings. The van der Waals surface area contributed by atoms with E-state index < -0.39 is 0 Å². The molecule has 0 saturated heterocycles. The highest BCUT2D eigenvalue weighted by Crippen LogP contribution is 2.17. The van der Waals surface area contributed by atoms with E-state index >= 15 is 0 Å². The van der Waals surface area contributed by atoms with Gasteiger partial charge in [-0.3, -0.25) is 19.7 Å². The Hall–Kier alpha value is -3.25. The number of aromatic nitrogens is 2. The number of nitrogens with zero attached hydrogens (tertiary/aromatic N) is 3. The summed E-state index contributed by atoms with van der Waals surface area (Å²) in [5.74, 6) is 0.767. The van der Waals surface area contributed by atoms with Crippen molar-refractivity contribution in [2.75, 3.05) is 13.6 Å². The van der Waals surface area contributed by atoms with E-state index in [1.807, 2.05) is 66.4 Å². The molecule has 29 heavy (non-hydrogen) atoms. The molecule has 0 fully saturated rings. The minimum absolute atomic E-state index is 0.0402. The maximum Gasteiger partial charge on any atom is 0.233 e. The van der Waals surface area contributed by atoms with Crippen LogP contribution >= 0.6 is 0 Å². The number of nitrogens with one attached hydrogen (secondary N) is 1. The molecule has 0 aliphatic rings. The van der Waals surface area contributed by atoms with Gasteiger partial charge < -0.3 is 10.1 Å². The highest BCUT2D eigenvalue weighted by atomic mass is 16.5. The van der Waals surface area contributed by atoms with Gasteiger partial charge in [0.25, 0.3) is 0 Å². The maximum absolute atomic E-state index is 12.0. The van der Waals surface area contributed by atoms with Crippen LogP contribution in [0.3, 0.4) is 0 Å². The molecule has 0 saturated carbocycles. The lowest BCUT2D eigenvalue weighted by Gasteiger charge is -2.21. The number of hydrogen-bond donors (Lipinski definition) is 1. The van der Waals surface area contributed by atoms with Crippen molar-refractivity contribution < 1.29 is 9.53 Å². The molecule has 0 radical (unpaired) electrons. The predicted molar refractivity (Wildman–Crippen MR) is 112 cm³/mol. The van der Waals surface area contributed by atoms with Gasteiger partial charge in [0.1, 0.15) is 12.4 Å². The Kier molecular flexibility index (Phi) is 7.30. The lowest BCUT2D eigenvalue weighted by Crippen LogP contribution is -2.35. The topological polar surface area (TPSA) is 67.4 Å². The second-order valence-corrected chi connectivity index (χ2v) is 6.89. The van der Waals surface area contributed by atoms with Crippen molar-refractivity contribution in [1.29, 1.82) is 0 Å². The molecule has 150 valence electrons. The summed E-state index contributed by atoms with van der Waals surface area (Å²) in [6, 6.07) is 18.0. The minimum Gasteiger partial charge on any atom is -0.489 e. The summed E-state index contributed by atoms with van der Waals surface area (Å²) in [4.78, 5) is 22.7. The highest BCUT2D eigenvalue weighted by molar-refractivity contribution is 5.77. The normalized spacial score (nSPS) is 10.7. The molecule has 0 atom stereocenters. The van der Waals surface area contributed by atoms with E-state index in [-0.39, 0.29) is 12.5 Å². The number of amides is 1. The average molecular weight is 390 g/mol. The third kappa shape index (κ3) is 6.69. The number of benzene rings is 2. The van der Waals surface area contributed by atoms with Crippen LogP contribution in [0.1, 0.15) is 22.5 Å². The van der Waals surface area contributed by atoms with Gasteiger partial charge in [-0.1, -0.05) is 42.5 Å². The number of hydrogen-bond acceptors (Lipinski definition) is 5. The lowest BCUT2D eigenvalue weighted by molar-refractivity contribution is -0.122. The summed E-state index contributed by atoms with van der Waals surface area (Å²) in [6.45, 7) is 3.84. The molecule has 3 rings (SSSR count). The molecule has 1 heterocycles. The van der Waals surface area contributed by atoms with Crippen LogP contribution in [0.2, 0.25) is 0 Å². The smallest absolute Gasteiger partial charge is 0.233 e. The van der Waals surface area contributed by atoms with E-state index in [0.29, 0.717) is 19.7 Å². The summed E-state index contributed by atoms with van der Waals surface area (Å²) < 4.78 is 5.93. The van der Waals surface area contributed by atoms with E-state index in [2.05, 4.69) is 15.3 Å². The van der Waals surface area contributed by atoms with Crippen LogP contribution in [-0.2, 0) is 24.5 Å². The van der Waals surface area contributed by atoms with Crippen molar-refractivity contribution in [2.45, 2.75) is 26.6 Å². The SMILES string of the molecule is CNC(=O)CN(Cc1cccc(OCc2ccccc2)c1)Cc1cnc(C)cn1. The number of aryl methyl sites for hydroxylation is 1. The molecule has 6 heteroatoms. The summed E-state index contributed by atoms with van der Waals surface area (Å²) in [7, 11) is 1.64. The number of carbonyl (C=O) groups is 1. The van der Waals surface area contributed by atoms with Crippen LogP contribution in [0.4, 0.5) is 0 Å². The van der Waals surface area contributed by atoms with Crippen molar-refractivity contribution in [1.82, 2.24) is 20.2 Å². The van der Waals surface area contributed by atoms with Gasteiger partial charge in [-0.2, -0.15) is 0 Å². The van der Waals surface area contributed by atoms with Gasteiger partial charge in [0.05, 0.1) is 17.9 Å². The molecule has 0 unspecified atom stereocenters. The van der Waals surface area contributed by atoms with Crippen LogP contribution in [0.25, 0.3) is 0 Å². The molecule has 1 amide bonds. The summed E-state index contributed by atoms with van der Waals surface area (Å²) in [5, 5.41) is 2.68. The third-order valence-corrected chi connectivity index (χ3v) is 4.42. The fourth-order valence-electron chi connectivity index (χ4n) is 2.91. The highest BCUT2D eigenvalue weighted by Gasteiger charge is 2.13. The lowest BCUT2D eigenvalue weighted by atomic mass is 10.2. The number of likely N-dealkylation sites (N-methyl/N-ethyl adjacent to an activating group) is 1. The van der Waals surface area contributed by atoms with E-state index in [1.165, 1.54) is 0 Å². The largest absolute Gasteiger partial charge is 0.489 e. The van der Waals surface area contributed by atoms with E-state index in [0.717, 1.165) is 28.3 Å². The molecular formula is C23H26N4O2. The van der Waals surface area contributed by atoms with Gasteiger partial charge in [-0.25, -0.2) is 0 Å². The van der Waals surface area contributed by atoms with Crippen LogP contribution in [-0.4, -0.2) is 34.4 Å². The van der Waals surface area contributed by atoms with Gasteiger partial charge in [0, 0.05) is 32.5 Å². The third-order valence-electron chi connectivity index (χ3n) is 4.42. The summed E-state index contributed by atoms with van der Waals surface area (Å²) in [5.41, 5.74) is 3.89. The summed E-state index contributed by atoms with van der Waals surface area (Å²) in [6.07, 6.45) is 3.50. The molecule has 1 aromatic heterocycles. The van der Waals surface area contributed by atoms with E-state index in [9.17, 15) is 4.79 Å². The Labute approximate surface area is 171 Å². The second kappa shape index (κ2) is 10.3. The van der Waals surface area contributed by atoms with Crippen molar-refractivity contribution in [3.63, 3.8) is 0 Å². The van der Waals surface area contributed by atoms with Crippen molar-refractivity contribution in [2.24, 2.45) is 0 Å². The van der Waals surface area contributed by atoms with E-state index in [4.69, 9.17) is 4.74 Å². The first-order chi connectivity index (χ1) is 14.1. The fourth-order valence-corrected chi connectivity index (χ4v) is 2.91. The van der Waals surface area contributed by atoms with E-state index in [1.54, 1.807) is 19.4 Å². The maximum atomic E-state index is 12.0. The van der Waals surface area contributed by atoms with Crippen molar-refractivity contribution in [3.8, 4) is 5.75 Å². The summed E-state index contributed by atoms with van der Waals surface area (Å²) >= 11 is 0. The quantitative estimate of drug-likeness (QED) is 0.608. The second-order valence-electron chi connectivity index (χ2n) is 6.89. The predicted octanol–water partition coefficient (Wildman–Crippen LogP) is 3.11. The zero-order valence-corrected chi connectivity index (χ0v) is 16.8. The number of ether oxygens (including phenoxy) is 1. The molecule has 2 aromatic carbocycles. The molecular weight excluding hydrogens is 364 g/mol. The molecule has 0 bridgehead atoms. The van der Waals surface area contributed by atoms with Gasteiger partial charge in [-0.05, 0) is 30.2 Å². The fraction of sp³-hybridized carbons (Fsp3) is 0.261. The Bertz CT molecular complexity index is 914. The van der Waals surface area contributed by atoms with Crippen LogP contribution in [0.5, 0.6) is 5.75 Å². The molecule has 0 aliphatic heterocycles. The van der Waals surface area contributed by atoms with Crippen LogP contribution in [0.15, 0.2) is 67.0 Å². The van der Waals surface area contributed by atoms with Gasteiger partial charge in [0.15, 0.2) is 0 Å². The molecule has 6 nitrogen and oxygen atoms in total. The molecule has 1 N–H and O–H groups in total. The Balaban J connectivity index is 1.67. The van der Waals surface area contributed by atoms with Gasteiger partial charge in [-0.15, -0.1) is 0 Å². The Morgan fingerprint density at radius 2 is 1.79 bits per heavy atom. The van der Waals surface area contributed by atoms with Crippen molar-refractivity contribution in [3.05, 3.63) is 89.5 Å². The molecule has 0 spiro atoms. The average Bonchev–Trinajstić information content (AvgIpc) is 2.75. The zero-order valence-electron chi connectivity index (χ0n) is 16.8. The first-order valence-electron chi connectivity index (χ1n) is 9.58. The van der Waals surface area contributed by atoms with Crippen molar-refractivity contribution >= 4 is 5.91 Å². The van der Waals surface area contributed by atoms with Crippen LogP contribution < -0.4 is 10.1 Å². The standard InChI is InChI=1S/C23H26N4O2/c1-18-12-26-21(13-25-18)15-27(16-23(28)24-2)14-20-9-6-10-22(11-20)29-17-19-7-4-3-5-8-19/h3-13H,14-17H2,1-2H3,(H,24,28). The zero-order chi connectivity index (χ0) is 20.5. The van der Waals surface area contributed by atoms with Gasteiger partial charge >= 0.3 is 0 Å². The Morgan fingerprint density at radius 3 is 2.52 bits per heavy atom. The monoisotopic (exact) mass is 390 g/mol. The Morgan fingerprint density at radius 1 is 1.00 bits per heavy atom. The first-order valence-corrected chi connectivity index (χ1v) is 9.58. The number of carbonyl (C=O) groups excluding carboxylic acids is 1. The van der Waals surface area contributed by atoms with Gasteiger partial charge in [0.2, 0.25) is 5.91 Å². The number of rotatable bonds is 9. The van der Waals surface area contributed by atoms with Crippen LogP contribution in [0, 0.1) is 6.92 Å². The molecule has 0 aliphatic carbocycles.